The van der Waals surface area contributed by atoms with E-state index in [1.54, 1.807) is 25.3 Å². The van der Waals surface area contributed by atoms with Crippen molar-refractivity contribution in [2.75, 3.05) is 0 Å². The zero-order chi connectivity index (χ0) is 15.1. The van der Waals surface area contributed by atoms with Crippen molar-refractivity contribution in [3.63, 3.8) is 0 Å². The summed E-state index contributed by atoms with van der Waals surface area (Å²) in [5, 5.41) is -0.273. The van der Waals surface area contributed by atoms with Crippen molar-refractivity contribution in [2.45, 2.75) is 26.1 Å². The van der Waals surface area contributed by atoms with Crippen molar-refractivity contribution in [1.29, 1.82) is 0 Å². The van der Waals surface area contributed by atoms with E-state index in [-0.39, 0.29) is 11.2 Å². The Morgan fingerprint density at radius 2 is 2.00 bits per heavy atom. The smallest absolute Gasteiger partial charge is 0.164 e. The lowest BCUT2D eigenvalue weighted by Crippen LogP contribution is -2.03. The Morgan fingerprint density at radius 1 is 1.24 bits per heavy atom. The maximum atomic E-state index is 13.5. The highest BCUT2D eigenvalue weighted by atomic mass is 35.5. The quantitative estimate of drug-likeness (QED) is 0.654. The molecule has 0 aliphatic heterocycles. The molecule has 3 rings (SSSR count). The molecule has 108 valence electrons. The number of pyridine rings is 1. The molecule has 0 aliphatic carbocycles. The molecule has 0 spiro atoms. The number of fused-ring (bicyclic) bond motifs is 1. The summed E-state index contributed by atoms with van der Waals surface area (Å²) in [6.45, 7) is 5.57. The summed E-state index contributed by atoms with van der Waals surface area (Å²) in [7, 11) is 0. The minimum atomic E-state index is -0.273. The lowest BCUT2D eigenvalue weighted by Gasteiger charge is -2.11. The Morgan fingerprint density at radius 3 is 2.67 bits per heavy atom. The lowest BCUT2D eigenvalue weighted by atomic mass is 10.2. The molecule has 0 fully saturated rings. The maximum Gasteiger partial charge on any atom is 0.164 e. The van der Waals surface area contributed by atoms with E-state index in [4.69, 9.17) is 11.6 Å². The van der Waals surface area contributed by atoms with Crippen molar-refractivity contribution in [2.24, 2.45) is 0 Å². The lowest BCUT2D eigenvalue weighted by molar-refractivity contribution is 0.618. The van der Waals surface area contributed by atoms with Gasteiger partial charge in [0.25, 0.3) is 0 Å². The van der Waals surface area contributed by atoms with Crippen LogP contribution in [0.1, 0.15) is 29.3 Å². The summed E-state index contributed by atoms with van der Waals surface area (Å²) >= 11 is 6.26. The van der Waals surface area contributed by atoms with E-state index in [1.165, 1.54) is 6.07 Å². The fourth-order valence-corrected chi connectivity index (χ4v) is 2.52. The van der Waals surface area contributed by atoms with E-state index >= 15 is 0 Å². The first kappa shape index (κ1) is 14.0. The van der Waals surface area contributed by atoms with Gasteiger partial charge in [-0.05, 0) is 56.2 Å². The Hall–Kier alpha value is -1.94. The third-order valence-corrected chi connectivity index (χ3v) is 3.61. The number of imidazole rings is 1. The van der Waals surface area contributed by atoms with Gasteiger partial charge in [0.15, 0.2) is 5.65 Å². The van der Waals surface area contributed by atoms with E-state index in [1.807, 2.05) is 24.5 Å². The molecule has 0 amide bonds. The summed E-state index contributed by atoms with van der Waals surface area (Å²) in [6.07, 6.45) is 1.79. The van der Waals surface area contributed by atoms with Gasteiger partial charge in [0.1, 0.15) is 17.2 Å². The van der Waals surface area contributed by atoms with Crippen LogP contribution in [0.15, 0.2) is 30.5 Å². The average molecular weight is 304 g/mol. The van der Waals surface area contributed by atoms with Crippen LogP contribution < -0.4 is 0 Å². The summed E-state index contributed by atoms with van der Waals surface area (Å²) in [5.74, 6) is 0.475. The normalized spacial score (nSPS) is 12.8. The van der Waals surface area contributed by atoms with E-state index < -0.39 is 0 Å². The zero-order valence-corrected chi connectivity index (χ0v) is 12.8. The minimum Gasteiger partial charge on any atom is -0.279 e. The van der Waals surface area contributed by atoms with Crippen LogP contribution >= 0.6 is 11.6 Å². The van der Waals surface area contributed by atoms with Crippen molar-refractivity contribution in [3.8, 4) is 5.69 Å². The number of aryl methyl sites for hydroxylation is 2. The summed E-state index contributed by atoms with van der Waals surface area (Å²) in [5.41, 5.74) is 3.95. The fourth-order valence-electron chi connectivity index (χ4n) is 2.37. The van der Waals surface area contributed by atoms with Crippen LogP contribution in [0, 0.1) is 19.7 Å². The second-order valence-corrected chi connectivity index (χ2v) is 5.86. The second-order valence-electron chi connectivity index (χ2n) is 5.21. The predicted octanol–water partition coefficient (Wildman–Crippen LogP) is 4.48. The van der Waals surface area contributed by atoms with Gasteiger partial charge >= 0.3 is 0 Å². The van der Waals surface area contributed by atoms with Gasteiger partial charge in [-0.25, -0.2) is 14.4 Å². The molecule has 21 heavy (non-hydrogen) atoms. The molecular formula is C16H15ClFN3. The zero-order valence-electron chi connectivity index (χ0n) is 12.1. The first-order valence-electron chi connectivity index (χ1n) is 6.73. The molecular weight excluding hydrogens is 289 g/mol. The van der Waals surface area contributed by atoms with Gasteiger partial charge in [-0.3, -0.25) is 4.57 Å². The summed E-state index contributed by atoms with van der Waals surface area (Å²) in [6, 6.07) is 6.92. The number of halogens is 2. The molecule has 0 saturated carbocycles. The third kappa shape index (κ3) is 2.40. The van der Waals surface area contributed by atoms with Gasteiger partial charge in [-0.15, -0.1) is 11.6 Å². The van der Waals surface area contributed by atoms with Crippen molar-refractivity contribution >= 4 is 22.8 Å². The van der Waals surface area contributed by atoms with E-state index in [2.05, 4.69) is 9.97 Å². The van der Waals surface area contributed by atoms with Gasteiger partial charge in [0, 0.05) is 11.9 Å². The number of hydrogen-bond acceptors (Lipinski definition) is 2. The van der Waals surface area contributed by atoms with Gasteiger partial charge < -0.3 is 0 Å². The van der Waals surface area contributed by atoms with Crippen LogP contribution in [0.2, 0.25) is 0 Å². The molecule has 3 nitrogen and oxygen atoms in total. The standard InChI is InChI=1S/C16H15ClFN3/c1-9-6-14-16(19-8-9)21(15(20-14)11(3)17)12-4-5-13(18)10(2)7-12/h4-8,11H,1-3H3. The third-order valence-electron chi connectivity index (χ3n) is 3.42. The number of hydrogen-bond donors (Lipinski definition) is 0. The minimum absolute atomic E-state index is 0.229. The molecule has 3 aromatic rings. The van der Waals surface area contributed by atoms with Crippen LogP contribution in [0.25, 0.3) is 16.9 Å². The largest absolute Gasteiger partial charge is 0.279 e. The fraction of sp³-hybridized carbons (Fsp3) is 0.250. The number of benzene rings is 1. The molecule has 0 N–H and O–H groups in total. The molecule has 0 saturated heterocycles. The molecule has 1 atom stereocenters. The van der Waals surface area contributed by atoms with E-state index in [9.17, 15) is 4.39 Å². The van der Waals surface area contributed by atoms with Crippen LogP contribution in [-0.2, 0) is 0 Å². The second kappa shape index (κ2) is 5.11. The monoisotopic (exact) mass is 303 g/mol. The highest BCUT2D eigenvalue weighted by Gasteiger charge is 2.17. The van der Waals surface area contributed by atoms with E-state index in [0.29, 0.717) is 11.4 Å². The number of alkyl halides is 1. The Bertz CT molecular complexity index is 824. The SMILES string of the molecule is Cc1cnc2c(c1)nc(C(C)Cl)n2-c1ccc(F)c(C)c1. The first-order chi connectivity index (χ1) is 9.97. The van der Waals surface area contributed by atoms with Gasteiger partial charge in [0.2, 0.25) is 0 Å². The number of aromatic nitrogens is 3. The number of nitrogens with zero attached hydrogens (tertiary/aromatic N) is 3. The molecule has 2 aromatic heterocycles. The average Bonchev–Trinajstić information content (AvgIpc) is 2.80. The molecule has 5 heteroatoms. The Balaban J connectivity index is 2.33. The first-order valence-corrected chi connectivity index (χ1v) is 7.16. The van der Waals surface area contributed by atoms with Crippen LogP contribution in [0.5, 0.6) is 0 Å². The van der Waals surface area contributed by atoms with Crippen LogP contribution in [0.3, 0.4) is 0 Å². The van der Waals surface area contributed by atoms with Gasteiger partial charge in [-0.1, -0.05) is 0 Å². The summed E-state index contributed by atoms with van der Waals surface area (Å²) in [4.78, 5) is 9.04. The predicted molar refractivity (Wildman–Crippen MR) is 82.6 cm³/mol. The molecule has 0 bridgehead atoms. The van der Waals surface area contributed by atoms with Crippen molar-refractivity contribution in [1.82, 2.24) is 14.5 Å². The Kier molecular flexibility index (Phi) is 3.41. The van der Waals surface area contributed by atoms with E-state index in [0.717, 1.165) is 22.4 Å². The highest BCUT2D eigenvalue weighted by molar-refractivity contribution is 6.20. The van der Waals surface area contributed by atoms with Gasteiger partial charge in [-0.2, -0.15) is 0 Å². The number of rotatable bonds is 2. The highest BCUT2D eigenvalue weighted by Crippen LogP contribution is 2.28. The van der Waals surface area contributed by atoms with Crippen LogP contribution in [-0.4, -0.2) is 14.5 Å². The molecule has 1 aromatic carbocycles. The molecule has 0 radical (unpaired) electrons. The Labute approximate surface area is 127 Å². The maximum absolute atomic E-state index is 13.5. The molecule has 1 unspecified atom stereocenters. The summed E-state index contributed by atoms with van der Waals surface area (Å²) < 4.78 is 15.4. The molecule has 2 heterocycles. The van der Waals surface area contributed by atoms with Crippen LogP contribution in [0.4, 0.5) is 4.39 Å². The van der Waals surface area contributed by atoms with Crippen molar-refractivity contribution in [3.05, 3.63) is 53.2 Å². The topological polar surface area (TPSA) is 30.7 Å². The van der Waals surface area contributed by atoms with Crippen molar-refractivity contribution < 1.29 is 4.39 Å². The molecule has 0 aliphatic rings. The van der Waals surface area contributed by atoms with Gasteiger partial charge in [0.05, 0.1) is 5.38 Å².